The van der Waals surface area contributed by atoms with Crippen LogP contribution in [0.3, 0.4) is 0 Å². The molecule has 0 saturated carbocycles. The van der Waals surface area contributed by atoms with E-state index in [1.807, 2.05) is 0 Å². The summed E-state index contributed by atoms with van der Waals surface area (Å²) in [5, 5.41) is 6.79. The number of aromatic nitrogens is 2. The quantitative estimate of drug-likeness (QED) is 0.718. The molecule has 1 heterocycles. The zero-order valence-electron chi connectivity index (χ0n) is 8.04. The molecular formula is C8H15N3O2. The normalized spacial score (nSPS) is 10.3. The molecule has 5 nitrogen and oxygen atoms in total. The Hall–Kier alpha value is -1.10. The molecular weight excluding hydrogens is 170 g/mol. The predicted octanol–water partition coefficient (Wildman–Crippen LogP) is 1.08. The van der Waals surface area contributed by atoms with Crippen LogP contribution in [-0.4, -0.2) is 30.4 Å². The van der Waals surface area contributed by atoms with Crippen LogP contribution in [-0.2, 0) is 11.2 Å². The highest BCUT2D eigenvalue weighted by molar-refractivity contribution is 5.17. The largest absolute Gasteiger partial charge is 0.384 e. The molecule has 1 aromatic rings. The third-order valence-corrected chi connectivity index (χ3v) is 1.52. The highest BCUT2D eigenvalue weighted by Crippen LogP contribution is 2.03. The molecule has 5 heteroatoms. The summed E-state index contributed by atoms with van der Waals surface area (Å²) in [4.78, 5) is 4.12. The van der Waals surface area contributed by atoms with Crippen LogP contribution in [0.2, 0.25) is 0 Å². The van der Waals surface area contributed by atoms with E-state index in [-0.39, 0.29) is 0 Å². The van der Waals surface area contributed by atoms with Gasteiger partial charge >= 0.3 is 6.01 Å². The van der Waals surface area contributed by atoms with Gasteiger partial charge in [-0.25, -0.2) is 0 Å². The van der Waals surface area contributed by atoms with E-state index in [0.717, 1.165) is 13.0 Å². The van der Waals surface area contributed by atoms with Gasteiger partial charge in [-0.15, -0.1) is 0 Å². The summed E-state index contributed by atoms with van der Waals surface area (Å²) in [5.41, 5.74) is 0. The van der Waals surface area contributed by atoms with Gasteiger partial charge in [0.05, 0.1) is 6.61 Å². The van der Waals surface area contributed by atoms with Crippen LogP contribution in [0.25, 0.3) is 0 Å². The molecule has 74 valence electrons. The van der Waals surface area contributed by atoms with Crippen molar-refractivity contribution < 1.29 is 9.26 Å². The van der Waals surface area contributed by atoms with E-state index in [1.54, 1.807) is 7.11 Å². The van der Waals surface area contributed by atoms with Crippen LogP contribution in [0.5, 0.6) is 0 Å². The average Bonchev–Trinajstić information content (AvgIpc) is 2.59. The second-order valence-electron chi connectivity index (χ2n) is 2.69. The van der Waals surface area contributed by atoms with Crippen LogP contribution in [0.4, 0.5) is 6.01 Å². The van der Waals surface area contributed by atoms with Crippen molar-refractivity contribution in [2.24, 2.45) is 0 Å². The molecule has 0 amide bonds. The maximum atomic E-state index is 4.94. The molecule has 1 rings (SSSR count). The second-order valence-corrected chi connectivity index (χ2v) is 2.69. The van der Waals surface area contributed by atoms with Gasteiger partial charge in [0.1, 0.15) is 0 Å². The second kappa shape index (κ2) is 5.53. The number of nitrogens with one attached hydrogen (secondary N) is 1. The van der Waals surface area contributed by atoms with Crippen LogP contribution in [0.15, 0.2) is 4.52 Å². The van der Waals surface area contributed by atoms with Crippen molar-refractivity contribution in [2.75, 3.05) is 25.6 Å². The Morgan fingerprint density at radius 3 is 3.08 bits per heavy atom. The Kier molecular flexibility index (Phi) is 4.25. The highest BCUT2D eigenvalue weighted by atomic mass is 16.5. The molecule has 0 atom stereocenters. The molecule has 0 aliphatic heterocycles. The van der Waals surface area contributed by atoms with E-state index in [0.29, 0.717) is 24.9 Å². The van der Waals surface area contributed by atoms with E-state index in [9.17, 15) is 0 Å². The monoisotopic (exact) mass is 185 g/mol. The maximum Gasteiger partial charge on any atom is 0.321 e. The SMILES string of the molecule is CCCNc1nc(CCOC)no1. The third-order valence-electron chi connectivity index (χ3n) is 1.52. The van der Waals surface area contributed by atoms with Crippen molar-refractivity contribution in [3.05, 3.63) is 5.82 Å². The minimum Gasteiger partial charge on any atom is -0.384 e. The average molecular weight is 185 g/mol. The third kappa shape index (κ3) is 3.42. The van der Waals surface area contributed by atoms with Gasteiger partial charge in [0.2, 0.25) is 0 Å². The van der Waals surface area contributed by atoms with Gasteiger partial charge in [-0.2, -0.15) is 4.98 Å². The minimum atomic E-state index is 0.493. The highest BCUT2D eigenvalue weighted by Gasteiger charge is 2.03. The number of hydrogen-bond donors (Lipinski definition) is 1. The summed E-state index contributed by atoms with van der Waals surface area (Å²) in [6.45, 7) is 3.55. The molecule has 0 saturated heterocycles. The summed E-state index contributed by atoms with van der Waals surface area (Å²) in [6.07, 6.45) is 1.73. The van der Waals surface area contributed by atoms with Gasteiger partial charge in [0, 0.05) is 20.1 Å². The van der Waals surface area contributed by atoms with Gasteiger partial charge in [0.25, 0.3) is 0 Å². The molecule has 0 aliphatic rings. The molecule has 13 heavy (non-hydrogen) atoms. The van der Waals surface area contributed by atoms with E-state index in [2.05, 4.69) is 22.4 Å². The lowest BCUT2D eigenvalue weighted by Gasteiger charge is -1.94. The van der Waals surface area contributed by atoms with Gasteiger partial charge in [-0.3, -0.25) is 0 Å². The van der Waals surface area contributed by atoms with Crippen LogP contribution < -0.4 is 5.32 Å². The van der Waals surface area contributed by atoms with Crippen molar-refractivity contribution in [1.82, 2.24) is 10.1 Å². The van der Waals surface area contributed by atoms with Crippen molar-refractivity contribution in [2.45, 2.75) is 19.8 Å². The van der Waals surface area contributed by atoms with E-state index >= 15 is 0 Å². The molecule has 0 unspecified atom stereocenters. The number of nitrogens with zero attached hydrogens (tertiary/aromatic N) is 2. The van der Waals surface area contributed by atoms with Gasteiger partial charge in [-0.1, -0.05) is 12.1 Å². The molecule has 1 N–H and O–H groups in total. The van der Waals surface area contributed by atoms with E-state index in [4.69, 9.17) is 9.26 Å². The molecule has 0 aromatic carbocycles. The summed E-state index contributed by atoms with van der Waals surface area (Å²) in [7, 11) is 1.65. The molecule has 1 aromatic heterocycles. The number of rotatable bonds is 6. The van der Waals surface area contributed by atoms with Crippen molar-refractivity contribution in [1.29, 1.82) is 0 Å². The first kappa shape index (κ1) is 9.98. The smallest absolute Gasteiger partial charge is 0.321 e. The lowest BCUT2D eigenvalue weighted by atomic mass is 10.4. The standard InChI is InChI=1S/C8H15N3O2/c1-3-5-9-8-10-7(11-13-8)4-6-12-2/h3-6H2,1-2H3,(H,9,10,11). The van der Waals surface area contributed by atoms with Crippen LogP contribution in [0, 0.1) is 0 Å². The van der Waals surface area contributed by atoms with Crippen molar-refractivity contribution >= 4 is 6.01 Å². The first-order valence-electron chi connectivity index (χ1n) is 4.42. The summed E-state index contributed by atoms with van der Waals surface area (Å²) in [6, 6.07) is 0.493. The molecule has 0 bridgehead atoms. The molecule has 0 spiro atoms. The number of methoxy groups -OCH3 is 1. The molecule has 0 fully saturated rings. The van der Waals surface area contributed by atoms with Crippen molar-refractivity contribution in [3.8, 4) is 0 Å². The number of anilines is 1. The Balaban J connectivity index is 2.34. The fourth-order valence-corrected chi connectivity index (χ4v) is 0.853. The number of hydrogen-bond acceptors (Lipinski definition) is 5. The van der Waals surface area contributed by atoms with E-state index in [1.165, 1.54) is 0 Å². The topological polar surface area (TPSA) is 60.2 Å². The Bertz CT molecular complexity index is 215. The van der Waals surface area contributed by atoms with Crippen molar-refractivity contribution in [3.63, 3.8) is 0 Å². The first-order chi connectivity index (χ1) is 6.36. The molecule has 0 radical (unpaired) electrons. The maximum absolute atomic E-state index is 4.94. The zero-order valence-corrected chi connectivity index (χ0v) is 8.04. The predicted molar refractivity (Wildman–Crippen MR) is 48.7 cm³/mol. The number of ether oxygens (including phenoxy) is 1. The fourth-order valence-electron chi connectivity index (χ4n) is 0.853. The first-order valence-corrected chi connectivity index (χ1v) is 4.42. The minimum absolute atomic E-state index is 0.493. The Morgan fingerprint density at radius 2 is 2.38 bits per heavy atom. The summed E-state index contributed by atoms with van der Waals surface area (Å²) < 4.78 is 9.83. The van der Waals surface area contributed by atoms with Gasteiger partial charge in [0.15, 0.2) is 5.82 Å². The summed E-state index contributed by atoms with van der Waals surface area (Å²) >= 11 is 0. The lowest BCUT2D eigenvalue weighted by Crippen LogP contribution is -2.00. The molecule has 0 aliphatic carbocycles. The van der Waals surface area contributed by atoms with E-state index < -0.39 is 0 Å². The summed E-state index contributed by atoms with van der Waals surface area (Å²) in [5.74, 6) is 0.681. The van der Waals surface area contributed by atoms with Gasteiger partial charge in [-0.05, 0) is 6.42 Å². The van der Waals surface area contributed by atoms with Crippen LogP contribution in [0.1, 0.15) is 19.2 Å². The van der Waals surface area contributed by atoms with Crippen LogP contribution >= 0.6 is 0 Å². The Morgan fingerprint density at radius 1 is 1.54 bits per heavy atom. The van der Waals surface area contributed by atoms with Gasteiger partial charge < -0.3 is 14.6 Å². The lowest BCUT2D eigenvalue weighted by molar-refractivity contribution is 0.199. The zero-order chi connectivity index (χ0) is 9.52. The fraction of sp³-hybridized carbons (Fsp3) is 0.750. The Labute approximate surface area is 77.5 Å².